The molecule has 0 spiro atoms. The summed E-state index contributed by atoms with van der Waals surface area (Å²) in [7, 11) is 1.70. The number of carbonyl (C=O) groups excluding carboxylic acids is 1. The lowest BCUT2D eigenvalue weighted by Gasteiger charge is -2.21. The summed E-state index contributed by atoms with van der Waals surface area (Å²) in [6.45, 7) is 4.67. The number of carbonyl (C=O) groups is 1. The van der Waals surface area contributed by atoms with E-state index in [0.29, 0.717) is 18.2 Å². The maximum absolute atomic E-state index is 12.0. The van der Waals surface area contributed by atoms with Crippen molar-refractivity contribution in [2.24, 2.45) is 11.7 Å². The summed E-state index contributed by atoms with van der Waals surface area (Å²) in [5.41, 5.74) is 6.25. The van der Waals surface area contributed by atoms with Crippen molar-refractivity contribution in [1.29, 1.82) is 0 Å². The molecule has 0 radical (unpaired) electrons. The van der Waals surface area contributed by atoms with E-state index in [2.05, 4.69) is 5.32 Å². The topological polar surface area (TPSA) is 102 Å². The summed E-state index contributed by atoms with van der Waals surface area (Å²) >= 11 is 0. The fraction of sp³-hybridized carbons (Fsp3) is 0.533. The molecule has 0 heterocycles. The Labute approximate surface area is 142 Å². The van der Waals surface area contributed by atoms with Gasteiger partial charge in [0.25, 0.3) is 5.69 Å². The maximum atomic E-state index is 12.0. The van der Waals surface area contributed by atoms with Gasteiger partial charge in [-0.1, -0.05) is 26.0 Å². The quantitative estimate of drug-likeness (QED) is 0.556. The molecule has 7 nitrogen and oxygen atoms in total. The van der Waals surface area contributed by atoms with Crippen LogP contribution in [0.5, 0.6) is 0 Å². The lowest BCUT2D eigenvalue weighted by atomic mass is 10.0. The molecule has 1 aromatic carbocycles. The van der Waals surface area contributed by atoms with Crippen molar-refractivity contribution < 1.29 is 9.72 Å². The van der Waals surface area contributed by atoms with Gasteiger partial charge in [-0.15, -0.1) is 12.4 Å². The molecule has 1 unspecified atom stereocenters. The Hall–Kier alpha value is -1.86. The minimum atomic E-state index is -0.474. The summed E-state index contributed by atoms with van der Waals surface area (Å²) in [4.78, 5) is 24.0. The zero-order valence-electron chi connectivity index (χ0n) is 13.7. The average molecular weight is 345 g/mol. The van der Waals surface area contributed by atoms with Gasteiger partial charge in [0.05, 0.1) is 11.5 Å². The predicted molar refractivity (Wildman–Crippen MR) is 93.9 cm³/mol. The number of nitro benzene ring substituents is 1. The number of para-hydroxylation sites is 2. The Morgan fingerprint density at radius 3 is 2.57 bits per heavy atom. The first-order valence-corrected chi connectivity index (χ1v) is 7.29. The fourth-order valence-electron chi connectivity index (χ4n) is 1.89. The van der Waals surface area contributed by atoms with Gasteiger partial charge in [-0.3, -0.25) is 14.9 Å². The molecule has 0 aliphatic carbocycles. The smallest absolute Gasteiger partial charge is 0.292 e. The third-order valence-electron chi connectivity index (χ3n) is 3.61. The van der Waals surface area contributed by atoms with Crippen molar-refractivity contribution in [3.63, 3.8) is 0 Å². The number of hydrogen-bond acceptors (Lipinski definition) is 5. The number of likely N-dealkylation sites (N-methyl/N-ethyl adjacent to an activating group) is 1. The third-order valence-corrected chi connectivity index (χ3v) is 3.61. The zero-order chi connectivity index (χ0) is 16.7. The van der Waals surface area contributed by atoms with Gasteiger partial charge < -0.3 is 16.0 Å². The fourth-order valence-corrected chi connectivity index (χ4v) is 1.89. The second kappa shape index (κ2) is 10.0. The first kappa shape index (κ1) is 21.1. The molecule has 3 N–H and O–H groups in total. The number of anilines is 1. The minimum Gasteiger partial charge on any atom is -0.371 e. The van der Waals surface area contributed by atoms with Crippen LogP contribution in [0, 0.1) is 16.0 Å². The number of benzene rings is 1. The molecule has 0 saturated heterocycles. The van der Waals surface area contributed by atoms with Gasteiger partial charge in [0, 0.05) is 25.7 Å². The van der Waals surface area contributed by atoms with E-state index in [9.17, 15) is 14.9 Å². The summed E-state index contributed by atoms with van der Waals surface area (Å²) in [5.74, 6) is 0.239. The lowest BCUT2D eigenvalue weighted by molar-refractivity contribution is -0.383. The Morgan fingerprint density at radius 2 is 2.00 bits per heavy atom. The van der Waals surface area contributed by atoms with Gasteiger partial charge in [0.1, 0.15) is 5.69 Å². The normalized spacial score (nSPS) is 11.5. The predicted octanol–water partition coefficient (Wildman–Crippen LogP) is 2.26. The van der Waals surface area contributed by atoms with E-state index in [1.54, 1.807) is 30.1 Å². The lowest BCUT2D eigenvalue weighted by Crippen LogP contribution is -2.37. The highest BCUT2D eigenvalue weighted by Gasteiger charge is 2.15. The number of nitrogens with zero attached hydrogens (tertiary/aromatic N) is 2. The second-order valence-electron chi connectivity index (χ2n) is 5.64. The van der Waals surface area contributed by atoms with Gasteiger partial charge in [0.2, 0.25) is 5.91 Å². The monoisotopic (exact) mass is 344 g/mol. The Balaban J connectivity index is 0.00000484. The third kappa shape index (κ3) is 6.83. The molecule has 0 aliphatic heterocycles. The molecule has 1 amide bonds. The van der Waals surface area contributed by atoms with Crippen LogP contribution in [0.2, 0.25) is 0 Å². The molecule has 130 valence electrons. The zero-order valence-corrected chi connectivity index (χ0v) is 14.5. The maximum Gasteiger partial charge on any atom is 0.292 e. The standard InChI is InChI=1S/C15H24N4O3.ClH/c1-11(2)12(16)8-9-18(3)15(20)10-17-13-6-4-5-7-14(13)19(21)22;/h4-7,11-12,17H,8-10,16H2,1-3H3;1H. The molecule has 1 rings (SSSR count). The van der Waals surface area contributed by atoms with E-state index in [1.165, 1.54) is 6.07 Å². The SMILES string of the molecule is CC(C)C(N)CCN(C)C(=O)CNc1ccccc1[N+](=O)[O-].Cl. The van der Waals surface area contributed by atoms with Crippen LogP contribution in [-0.2, 0) is 4.79 Å². The Morgan fingerprint density at radius 1 is 1.39 bits per heavy atom. The summed E-state index contributed by atoms with van der Waals surface area (Å²) in [5, 5.41) is 13.7. The molecule has 0 saturated carbocycles. The minimum absolute atomic E-state index is 0. The van der Waals surface area contributed by atoms with Gasteiger partial charge in [0.15, 0.2) is 0 Å². The van der Waals surface area contributed by atoms with E-state index in [1.807, 2.05) is 13.8 Å². The van der Waals surface area contributed by atoms with Crippen LogP contribution in [0.3, 0.4) is 0 Å². The molecule has 0 fully saturated rings. The van der Waals surface area contributed by atoms with Crippen LogP contribution in [0.1, 0.15) is 20.3 Å². The van der Waals surface area contributed by atoms with Crippen molar-refractivity contribution in [1.82, 2.24) is 4.90 Å². The number of nitrogens with one attached hydrogen (secondary N) is 1. The molecule has 23 heavy (non-hydrogen) atoms. The van der Waals surface area contributed by atoms with Gasteiger partial charge in [-0.05, 0) is 18.4 Å². The molecule has 0 aromatic heterocycles. The van der Waals surface area contributed by atoms with Gasteiger partial charge >= 0.3 is 0 Å². The molecular weight excluding hydrogens is 320 g/mol. The van der Waals surface area contributed by atoms with E-state index in [-0.39, 0.29) is 36.6 Å². The molecule has 1 aromatic rings. The van der Waals surface area contributed by atoms with Crippen LogP contribution in [0.4, 0.5) is 11.4 Å². The van der Waals surface area contributed by atoms with Crippen molar-refractivity contribution in [3.05, 3.63) is 34.4 Å². The van der Waals surface area contributed by atoms with Crippen LogP contribution in [0.15, 0.2) is 24.3 Å². The molecular formula is C15H25ClN4O3. The van der Waals surface area contributed by atoms with E-state index in [4.69, 9.17) is 5.73 Å². The van der Waals surface area contributed by atoms with Crippen LogP contribution >= 0.6 is 12.4 Å². The molecule has 0 bridgehead atoms. The van der Waals surface area contributed by atoms with Crippen LogP contribution in [0.25, 0.3) is 0 Å². The van der Waals surface area contributed by atoms with E-state index >= 15 is 0 Å². The van der Waals surface area contributed by atoms with Crippen LogP contribution in [-0.4, -0.2) is 41.9 Å². The number of amides is 1. The number of rotatable bonds is 8. The highest BCUT2D eigenvalue weighted by Crippen LogP contribution is 2.22. The Kier molecular flexibility index (Phi) is 9.21. The van der Waals surface area contributed by atoms with Crippen molar-refractivity contribution in [2.75, 3.05) is 25.5 Å². The number of halogens is 1. The highest BCUT2D eigenvalue weighted by molar-refractivity contribution is 5.85. The second-order valence-corrected chi connectivity index (χ2v) is 5.64. The highest BCUT2D eigenvalue weighted by atomic mass is 35.5. The van der Waals surface area contributed by atoms with E-state index < -0.39 is 4.92 Å². The van der Waals surface area contributed by atoms with Crippen molar-refractivity contribution in [2.45, 2.75) is 26.3 Å². The Bertz CT molecular complexity index is 525. The molecule has 1 atom stereocenters. The number of nitro groups is 1. The van der Waals surface area contributed by atoms with Gasteiger partial charge in [-0.25, -0.2) is 0 Å². The number of hydrogen-bond donors (Lipinski definition) is 2. The van der Waals surface area contributed by atoms with Crippen molar-refractivity contribution >= 4 is 29.7 Å². The summed E-state index contributed by atoms with van der Waals surface area (Å²) < 4.78 is 0. The van der Waals surface area contributed by atoms with Gasteiger partial charge in [-0.2, -0.15) is 0 Å². The average Bonchev–Trinajstić information content (AvgIpc) is 2.49. The molecule has 8 heteroatoms. The number of nitrogens with two attached hydrogens (primary N) is 1. The van der Waals surface area contributed by atoms with Crippen LogP contribution < -0.4 is 11.1 Å². The first-order chi connectivity index (χ1) is 10.3. The first-order valence-electron chi connectivity index (χ1n) is 7.29. The van der Waals surface area contributed by atoms with E-state index in [0.717, 1.165) is 6.42 Å². The summed E-state index contributed by atoms with van der Waals surface area (Å²) in [6.07, 6.45) is 0.728. The van der Waals surface area contributed by atoms with Crippen molar-refractivity contribution in [3.8, 4) is 0 Å². The molecule has 0 aliphatic rings. The summed E-state index contributed by atoms with van der Waals surface area (Å²) in [6, 6.07) is 6.31. The largest absolute Gasteiger partial charge is 0.371 e.